The number of hydroxylamine groups is 3. The summed E-state index contributed by atoms with van der Waals surface area (Å²) in [7, 11) is 7.15. The number of aromatic nitrogens is 2. The first kappa shape index (κ1) is 59.3. The number of fused-ring (bicyclic) bond motifs is 4. The van der Waals surface area contributed by atoms with E-state index >= 15 is 0 Å². The van der Waals surface area contributed by atoms with Gasteiger partial charge in [0.1, 0.15) is 18.1 Å². The van der Waals surface area contributed by atoms with Crippen LogP contribution in [-0.2, 0) is 51.4 Å². The number of benzene rings is 5. The second-order valence-electron chi connectivity index (χ2n) is 23.0. The predicted octanol–water partition coefficient (Wildman–Crippen LogP) is 10.8. The second kappa shape index (κ2) is 25.9. The number of carbonyl (C=O) groups excluding carboxylic acids is 3. The Hall–Kier alpha value is -6.90. The van der Waals surface area contributed by atoms with Crippen molar-refractivity contribution in [3.8, 4) is 0 Å². The number of unbranched alkanes of at least 4 members (excludes halogenated alkanes) is 2. The van der Waals surface area contributed by atoms with E-state index in [2.05, 4.69) is 147 Å². The minimum absolute atomic E-state index is 0.0495. The van der Waals surface area contributed by atoms with Crippen LogP contribution < -0.4 is 19.1 Å². The maximum Gasteiger partial charge on any atom is 0.333 e. The summed E-state index contributed by atoms with van der Waals surface area (Å²) >= 11 is 3.28. The maximum absolute atomic E-state index is 13.7. The number of hydrogen-bond donors (Lipinski definition) is 0. The SMILES string of the molecule is Cc1ccc(S(=O)(=O)ON2C(=Cc3cc[n+](CCC[N+](C)(C)CC(C[N+](C)(C)CCC[n+]4ccc(C=C5Sc6ccccc6N5C)c5ccccc54)OCCCCCC(=O)ON4C(=O)CCC4=O)c4ccccc34)Sc3ccccc32)cc1. The van der Waals surface area contributed by atoms with Crippen LogP contribution in [0.4, 0.5) is 11.4 Å². The third-order valence-corrected chi connectivity index (χ3v) is 18.9. The summed E-state index contributed by atoms with van der Waals surface area (Å²) < 4.78 is 46.3. The first-order valence-electron chi connectivity index (χ1n) is 28.6. The number of amides is 2. The second-order valence-corrected chi connectivity index (χ2v) is 26.7. The zero-order chi connectivity index (χ0) is 58.3. The molecule has 18 heteroatoms. The lowest BCUT2D eigenvalue weighted by atomic mass is 10.1. The molecule has 1 fully saturated rings. The number of carbonyl (C=O) groups is 3. The van der Waals surface area contributed by atoms with Crippen LogP contribution in [0.2, 0.25) is 0 Å². The van der Waals surface area contributed by atoms with E-state index < -0.39 is 27.9 Å². The third kappa shape index (κ3) is 14.5. The number of aryl methyl sites for hydroxylation is 3. The predicted molar refractivity (Wildman–Crippen MR) is 327 cm³/mol. The highest BCUT2D eigenvalue weighted by molar-refractivity contribution is 8.04. The summed E-state index contributed by atoms with van der Waals surface area (Å²) in [6, 6.07) is 44.2. The van der Waals surface area contributed by atoms with Gasteiger partial charge in [0.15, 0.2) is 31.6 Å². The number of pyridine rings is 2. The molecule has 15 nitrogen and oxygen atoms in total. The Balaban J connectivity index is 0.790. The van der Waals surface area contributed by atoms with Gasteiger partial charge in [-0.15, -0.1) is 9.35 Å². The van der Waals surface area contributed by atoms with E-state index in [0.29, 0.717) is 28.8 Å². The average Bonchev–Trinajstić information content (AvgIpc) is 3.92. The lowest BCUT2D eigenvalue weighted by Gasteiger charge is -2.37. The topological polar surface area (TPSA) is 131 Å². The highest BCUT2D eigenvalue weighted by atomic mass is 32.2. The van der Waals surface area contributed by atoms with Gasteiger partial charge in [-0.2, -0.15) is 22.6 Å². The van der Waals surface area contributed by atoms with Gasteiger partial charge < -0.3 is 23.4 Å². The summed E-state index contributed by atoms with van der Waals surface area (Å²) in [4.78, 5) is 46.1. The maximum atomic E-state index is 13.7. The van der Waals surface area contributed by atoms with Crippen LogP contribution in [0.1, 0.15) is 68.1 Å². The van der Waals surface area contributed by atoms with E-state index in [0.717, 1.165) is 101 Å². The fourth-order valence-corrected chi connectivity index (χ4v) is 14.3. The molecule has 1 unspecified atom stereocenters. The van der Waals surface area contributed by atoms with Crippen molar-refractivity contribution in [1.29, 1.82) is 0 Å². The molecule has 2 aromatic heterocycles. The molecule has 1 atom stereocenters. The van der Waals surface area contributed by atoms with Crippen LogP contribution >= 0.6 is 23.5 Å². The molecule has 0 N–H and O–H groups in total. The molecule has 0 spiro atoms. The summed E-state index contributed by atoms with van der Waals surface area (Å²) in [6.45, 7) is 7.58. The number of para-hydroxylation sites is 4. The van der Waals surface area contributed by atoms with E-state index in [1.807, 2.05) is 55.1 Å². The largest absolute Gasteiger partial charge is 0.366 e. The molecule has 5 heterocycles. The van der Waals surface area contributed by atoms with Gasteiger partial charge in [-0.05, 0) is 91.6 Å². The molecule has 7 aromatic rings. The number of nitrogens with zero attached hydrogens (tertiary/aromatic N) is 7. The number of anilines is 2. The Labute approximate surface area is 496 Å². The molecule has 5 aromatic carbocycles. The molecule has 83 heavy (non-hydrogen) atoms. The lowest BCUT2D eigenvalue weighted by molar-refractivity contribution is -0.916. The molecule has 0 bridgehead atoms. The monoisotopic (exact) mass is 1180 g/mol. The third-order valence-electron chi connectivity index (χ3n) is 15.5. The van der Waals surface area contributed by atoms with Crippen LogP contribution in [-0.4, -0.2) is 114 Å². The fourth-order valence-electron chi connectivity index (χ4n) is 11.2. The van der Waals surface area contributed by atoms with Gasteiger partial charge in [0.05, 0.1) is 86.2 Å². The van der Waals surface area contributed by atoms with Crippen LogP contribution in [0, 0.1) is 6.92 Å². The van der Waals surface area contributed by atoms with Crippen molar-refractivity contribution in [3.05, 3.63) is 173 Å². The quantitative estimate of drug-likeness (QED) is 0.0234. The minimum atomic E-state index is -4.14. The van der Waals surface area contributed by atoms with Crippen molar-refractivity contribution in [2.24, 2.45) is 0 Å². The van der Waals surface area contributed by atoms with Gasteiger partial charge in [-0.1, -0.05) is 96.2 Å². The molecule has 0 radical (unpaired) electrons. The normalized spacial score (nSPS) is 16.0. The molecule has 3 aliphatic rings. The van der Waals surface area contributed by atoms with Crippen LogP contribution in [0.5, 0.6) is 0 Å². The number of imide groups is 1. The van der Waals surface area contributed by atoms with Crippen molar-refractivity contribution in [2.75, 3.05) is 78.0 Å². The van der Waals surface area contributed by atoms with Crippen LogP contribution in [0.25, 0.3) is 34.0 Å². The minimum Gasteiger partial charge on any atom is -0.366 e. The van der Waals surface area contributed by atoms with Gasteiger partial charge in [0.2, 0.25) is 11.0 Å². The number of quaternary nitrogens is 2. The van der Waals surface area contributed by atoms with Gasteiger partial charge >= 0.3 is 16.1 Å². The molecule has 2 amide bonds. The Kier molecular flexibility index (Phi) is 18.5. The molecule has 432 valence electrons. The Morgan fingerprint density at radius 1 is 0.627 bits per heavy atom. The van der Waals surface area contributed by atoms with Crippen molar-refractivity contribution in [1.82, 2.24) is 5.06 Å². The summed E-state index contributed by atoms with van der Waals surface area (Å²) in [6.07, 6.45) is 12.8. The van der Waals surface area contributed by atoms with Crippen molar-refractivity contribution in [3.63, 3.8) is 0 Å². The smallest absolute Gasteiger partial charge is 0.333 e. The molecule has 1 saturated heterocycles. The Morgan fingerprint density at radius 2 is 1.14 bits per heavy atom. The molecule has 0 aliphatic carbocycles. The molecule has 3 aliphatic heterocycles. The standard InChI is InChI=1S/C65H75N7O8S3/c1-48-29-31-52(32-30-48)83(76,77)80-69-58-25-14-16-27-60(58)82-64(69)45-50-36-40-68(56-23-12-10-21-54(50)56)38-19-42-72(5,6)47-51(78-43-17-7-8-28-65(75)79-70-61(73)33-34-62(70)74)46-71(3,4)41-18-37-67-39-35-49(53-20-9-11-22-55(53)67)44-63-66(2)57-24-13-15-26-59(57)81-63/h9-16,20-27,29-32,35-36,39-40,44-45,51H,7-8,17-19,28,33-34,37-38,41-43,46-47H2,1-6H3/q+4. The summed E-state index contributed by atoms with van der Waals surface area (Å²) in [5.74, 6) is -1.53. The van der Waals surface area contributed by atoms with Crippen molar-refractivity contribution >= 4 is 96.8 Å². The van der Waals surface area contributed by atoms with E-state index in [9.17, 15) is 22.8 Å². The van der Waals surface area contributed by atoms with Gasteiger partial charge in [0, 0.05) is 67.0 Å². The van der Waals surface area contributed by atoms with E-state index in [-0.39, 0.29) is 30.3 Å². The first-order chi connectivity index (χ1) is 39.9. The zero-order valence-electron chi connectivity index (χ0n) is 48.3. The molecule has 0 saturated carbocycles. The highest BCUT2D eigenvalue weighted by Gasteiger charge is 2.35. The Bertz CT molecular complexity index is 3700. The first-order valence-corrected chi connectivity index (χ1v) is 31.6. The number of likely N-dealkylation sites (N-methyl/N-ethyl adjacent to an activating group) is 2. The average molecular weight is 1180 g/mol. The fraction of sp³-hybridized carbons (Fsp3) is 0.338. The van der Waals surface area contributed by atoms with E-state index in [1.54, 1.807) is 24.3 Å². The highest BCUT2D eigenvalue weighted by Crippen LogP contribution is 2.48. The van der Waals surface area contributed by atoms with E-state index in [1.165, 1.54) is 48.9 Å². The molecular weight excluding hydrogens is 1100 g/mol. The van der Waals surface area contributed by atoms with Crippen molar-refractivity contribution in [2.45, 2.75) is 92.2 Å². The zero-order valence-corrected chi connectivity index (χ0v) is 50.8. The van der Waals surface area contributed by atoms with Gasteiger partial charge in [-0.25, -0.2) is 4.79 Å². The number of thioether (sulfide) groups is 2. The number of ether oxygens (including phenoxy) is 1. The summed E-state index contributed by atoms with van der Waals surface area (Å²) in [5.41, 5.74) is 7.27. The van der Waals surface area contributed by atoms with E-state index in [4.69, 9.17) is 13.9 Å². The van der Waals surface area contributed by atoms with Crippen LogP contribution in [0.3, 0.4) is 0 Å². The lowest BCUT2D eigenvalue weighted by Crippen LogP contribution is -2.54. The molecule has 10 rings (SSSR count). The number of rotatable bonds is 25. The Morgan fingerprint density at radius 3 is 1.73 bits per heavy atom. The summed E-state index contributed by atoms with van der Waals surface area (Å²) in [5, 5.41) is 6.15. The van der Waals surface area contributed by atoms with Gasteiger partial charge in [-0.3, -0.25) is 9.59 Å². The number of hydrogen-bond acceptors (Lipinski definition) is 12. The van der Waals surface area contributed by atoms with Gasteiger partial charge in [0.25, 0.3) is 11.8 Å². The van der Waals surface area contributed by atoms with Crippen molar-refractivity contribution < 1.29 is 54.8 Å². The molecular formula is C65H75N7O8S3+4. The van der Waals surface area contributed by atoms with Crippen LogP contribution in [0.15, 0.2) is 171 Å².